The van der Waals surface area contributed by atoms with Crippen LogP contribution in [0.3, 0.4) is 0 Å². The summed E-state index contributed by atoms with van der Waals surface area (Å²) in [7, 11) is 0. The summed E-state index contributed by atoms with van der Waals surface area (Å²) >= 11 is 0. The third-order valence-electron chi connectivity index (χ3n) is 6.66. The average Bonchev–Trinajstić information content (AvgIpc) is 3.34. The van der Waals surface area contributed by atoms with Crippen molar-refractivity contribution in [2.45, 2.75) is 5.54 Å². The molecule has 0 radical (unpaired) electrons. The molecule has 0 fully saturated rings. The van der Waals surface area contributed by atoms with Crippen molar-refractivity contribution in [3.05, 3.63) is 167 Å². The minimum atomic E-state index is -0.743. The molecule has 4 aromatic carbocycles. The number of benzene rings is 4. The summed E-state index contributed by atoms with van der Waals surface area (Å²) in [6.07, 6.45) is 5.68. The molecule has 0 aliphatic carbocycles. The first-order valence-corrected chi connectivity index (χ1v) is 12.2. The predicted octanol–water partition coefficient (Wildman–Crippen LogP) is 7.58. The maximum atomic E-state index is 13.4. The summed E-state index contributed by atoms with van der Waals surface area (Å²) in [5.41, 5.74) is 5.88. The van der Waals surface area contributed by atoms with E-state index in [1.165, 1.54) is 12.1 Å². The van der Waals surface area contributed by atoms with Crippen LogP contribution in [0.25, 0.3) is 23.2 Å². The Morgan fingerprint density at radius 2 is 1.14 bits per heavy atom. The minimum Gasteiger partial charge on any atom is -0.252 e. The Hall–Kier alpha value is -4.83. The van der Waals surface area contributed by atoms with Gasteiger partial charge < -0.3 is 0 Å². The molecule has 37 heavy (non-hydrogen) atoms. The van der Waals surface area contributed by atoms with Gasteiger partial charge in [-0.05, 0) is 52.6 Å². The molecule has 0 bridgehead atoms. The Kier molecular flexibility index (Phi) is 5.91. The normalized spacial score (nSPS) is 11.8. The van der Waals surface area contributed by atoms with E-state index in [2.05, 4.69) is 83.5 Å². The fourth-order valence-corrected chi connectivity index (χ4v) is 5.00. The molecule has 2 aromatic heterocycles. The number of pyridine rings is 1. The summed E-state index contributed by atoms with van der Waals surface area (Å²) in [6, 6.07) is 41.8. The molecule has 3 nitrogen and oxygen atoms in total. The monoisotopic (exact) mass is 481 g/mol. The summed E-state index contributed by atoms with van der Waals surface area (Å²) in [6.45, 7) is 0. The van der Waals surface area contributed by atoms with Crippen LogP contribution in [0.5, 0.6) is 0 Å². The summed E-state index contributed by atoms with van der Waals surface area (Å²) in [5.74, 6) is -0.257. The molecule has 0 spiro atoms. The summed E-state index contributed by atoms with van der Waals surface area (Å²) in [5, 5.41) is 5.22. The van der Waals surface area contributed by atoms with Gasteiger partial charge in [0, 0.05) is 6.20 Å². The second-order valence-corrected chi connectivity index (χ2v) is 8.86. The van der Waals surface area contributed by atoms with Gasteiger partial charge in [-0.25, -0.2) is 9.07 Å². The zero-order valence-corrected chi connectivity index (χ0v) is 20.1. The maximum Gasteiger partial charge on any atom is 0.138 e. The van der Waals surface area contributed by atoms with Crippen molar-refractivity contribution >= 4 is 23.2 Å². The second-order valence-electron chi connectivity index (χ2n) is 8.86. The molecule has 4 heteroatoms. The standard InChI is InChI=1S/C33H24FN3/c34-29-21-18-25(19-22-29)20-23-30-32-31(17-10-24-35-32)37(36-30)33(26-11-4-1-5-12-26,27-13-6-2-7-14-27)28-15-8-3-9-16-28/h1-24H/b23-20+. The molecule has 0 N–H and O–H groups in total. The molecule has 0 aliphatic heterocycles. The highest BCUT2D eigenvalue weighted by Crippen LogP contribution is 2.42. The van der Waals surface area contributed by atoms with Crippen LogP contribution in [-0.4, -0.2) is 14.8 Å². The maximum absolute atomic E-state index is 13.4. The van der Waals surface area contributed by atoms with E-state index in [0.29, 0.717) is 0 Å². The molecule has 2 heterocycles. The zero-order chi connectivity index (χ0) is 25.1. The smallest absolute Gasteiger partial charge is 0.138 e. The van der Waals surface area contributed by atoms with Gasteiger partial charge in [0.25, 0.3) is 0 Å². The number of hydrogen-bond acceptors (Lipinski definition) is 2. The second kappa shape index (κ2) is 9.67. The van der Waals surface area contributed by atoms with E-state index in [-0.39, 0.29) is 5.82 Å². The highest BCUT2D eigenvalue weighted by molar-refractivity contribution is 5.87. The molecule has 0 amide bonds. The predicted molar refractivity (Wildman–Crippen MR) is 147 cm³/mol. The Morgan fingerprint density at radius 1 is 0.595 bits per heavy atom. The fraction of sp³-hybridized carbons (Fsp3) is 0.0303. The van der Waals surface area contributed by atoms with Crippen LogP contribution in [-0.2, 0) is 5.54 Å². The van der Waals surface area contributed by atoms with E-state index < -0.39 is 5.54 Å². The molecule has 0 saturated heterocycles. The van der Waals surface area contributed by atoms with Crippen LogP contribution in [0.15, 0.2) is 134 Å². The van der Waals surface area contributed by atoms with Gasteiger partial charge in [-0.1, -0.05) is 109 Å². The Balaban J connectivity index is 1.67. The summed E-state index contributed by atoms with van der Waals surface area (Å²) in [4.78, 5) is 4.73. The topological polar surface area (TPSA) is 30.7 Å². The van der Waals surface area contributed by atoms with E-state index in [1.54, 1.807) is 18.3 Å². The third-order valence-corrected chi connectivity index (χ3v) is 6.66. The molecule has 0 atom stereocenters. The molecule has 6 aromatic rings. The van der Waals surface area contributed by atoms with E-state index in [1.807, 2.05) is 36.4 Å². The number of halogens is 1. The number of fused-ring (bicyclic) bond motifs is 1. The van der Waals surface area contributed by atoms with E-state index in [4.69, 9.17) is 10.1 Å². The van der Waals surface area contributed by atoms with Crippen LogP contribution >= 0.6 is 0 Å². The molecule has 0 unspecified atom stereocenters. The first-order chi connectivity index (χ1) is 18.3. The van der Waals surface area contributed by atoms with Crippen molar-refractivity contribution in [2.75, 3.05) is 0 Å². The van der Waals surface area contributed by atoms with Gasteiger partial charge in [0.2, 0.25) is 0 Å². The third kappa shape index (κ3) is 4.03. The largest absolute Gasteiger partial charge is 0.252 e. The van der Waals surface area contributed by atoms with E-state index >= 15 is 0 Å². The SMILES string of the molecule is Fc1ccc(/C=C/c2nn(C(c3ccccc3)(c3ccccc3)c3ccccc3)c3cccnc23)cc1. The molecule has 178 valence electrons. The highest BCUT2D eigenvalue weighted by atomic mass is 19.1. The summed E-state index contributed by atoms with van der Waals surface area (Å²) < 4.78 is 15.5. The van der Waals surface area contributed by atoms with Crippen molar-refractivity contribution in [3.63, 3.8) is 0 Å². The van der Waals surface area contributed by atoms with Crippen molar-refractivity contribution in [3.8, 4) is 0 Å². The van der Waals surface area contributed by atoms with Gasteiger partial charge in [0.05, 0.1) is 5.52 Å². The van der Waals surface area contributed by atoms with Crippen LogP contribution in [0, 0.1) is 5.82 Å². The van der Waals surface area contributed by atoms with Gasteiger partial charge >= 0.3 is 0 Å². The molecule has 6 rings (SSSR count). The van der Waals surface area contributed by atoms with Crippen molar-refractivity contribution in [1.29, 1.82) is 0 Å². The average molecular weight is 482 g/mol. The lowest BCUT2D eigenvalue weighted by atomic mass is 9.77. The quantitative estimate of drug-likeness (QED) is 0.230. The first kappa shape index (κ1) is 22.6. The molecule has 0 saturated carbocycles. The number of hydrogen-bond donors (Lipinski definition) is 0. The lowest BCUT2D eigenvalue weighted by Gasteiger charge is -2.36. The van der Waals surface area contributed by atoms with Crippen molar-refractivity contribution < 1.29 is 4.39 Å². The van der Waals surface area contributed by atoms with E-state index in [0.717, 1.165) is 39.0 Å². The van der Waals surface area contributed by atoms with Crippen molar-refractivity contribution in [1.82, 2.24) is 14.8 Å². The molecule has 0 aliphatic rings. The van der Waals surface area contributed by atoms with Gasteiger partial charge in [-0.2, -0.15) is 5.10 Å². The molecular formula is C33H24FN3. The minimum absolute atomic E-state index is 0.257. The number of rotatable bonds is 6. The van der Waals surface area contributed by atoms with Crippen molar-refractivity contribution in [2.24, 2.45) is 0 Å². The highest BCUT2D eigenvalue weighted by Gasteiger charge is 2.40. The Morgan fingerprint density at radius 3 is 1.68 bits per heavy atom. The van der Waals surface area contributed by atoms with Crippen LogP contribution in [0.4, 0.5) is 4.39 Å². The van der Waals surface area contributed by atoms with Gasteiger partial charge in [-0.15, -0.1) is 0 Å². The van der Waals surface area contributed by atoms with Gasteiger partial charge in [-0.3, -0.25) is 4.98 Å². The fourth-order valence-electron chi connectivity index (χ4n) is 5.00. The molecular weight excluding hydrogens is 457 g/mol. The van der Waals surface area contributed by atoms with Gasteiger partial charge in [0.15, 0.2) is 0 Å². The van der Waals surface area contributed by atoms with E-state index in [9.17, 15) is 4.39 Å². The van der Waals surface area contributed by atoms with Crippen LogP contribution in [0.2, 0.25) is 0 Å². The first-order valence-electron chi connectivity index (χ1n) is 12.2. The number of aromatic nitrogens is 3. The zero-order valence-electron chi connectivity index (χ0n) is 20.1. The Bertz CT molecular complexity index is 1560. The lowest BCUT2D eigenvalue weighted by Crippen LogP contribution is -2.38. The number of nitrogens with zero attached hydrogens (tertiary/aromatic N) is 3. The van der Waals surface area contributed by atoms with Crippen LogP contribution < -0.4 is 0 Å². The van der Waals surface area contributed by atoms with Crippen LogP contribution in [0.1, 0.15) is 27.9 Å². The van der Waals surface area contributed by atoms with Gasteiger partial charge in [0.1, 0.15) is 22.6 Å². The lowest BCUT2D eigenvalue weighted by molar-refractivity contribution is 0.475. The Labute approximate surface area is 215 Å².